The normalized spacial score (nSPS) is 15.3. The molecule has 1 aliphatic rings. The van der Waals surface area contributed by atoms with Gasteiger partial charge < -0.3 is 5.32 Å². The molecule has 0 atom stereocenters. The summed E-state index contributed by atoms with van der Waals surface area (Å²) >= 11 is 0. The van der Waals surface area contributed by atoms with Crippen LogP contribution in [0.2, 0.25) is 0 Å². The van der Waals surface area contributed by atoms with Crippen molar-refractivity contribution in [2.75, 3.05) is 13.1 Å². The summed E-state index contributed by atoms with van der Waals surface area (Å²) in [5.41, 5.74) is 6.46. The molecule has 3 nitrogen and oxygen atoms in total. The van der Waals surface area contributed by atoms with Crippen LogP contribution < -0.4 is 5.32 Å². The average molecular weight is 345 g/mol. The third kappa shape index (κ3) is 3.73. The zero-order valence-electron chi connectivity index (χ0n) is 15.5. The molecule has 0 aliphatic carbocycles. The summed E-state index contributed by atoms with van der Waals surface area (Å²) in [7, 11) is 0. The van der Waals surface area contributed by atoms with Crippen molar-refractivity contribution in [3.8, 4) is 11.1 Å². The van der Waals surface area contributed by atoms with Crippen molar-refractivity contribution >= 4 is 0 Å². The highest BCUT2D eigenvalue weighted by Gasteiger charge is 2.20. The predicted octanol–water partition coefficient (Wildman–Crippen LogP) is 4.63. The summed E-state index contributed by atoms with van der Waals surface area (Å²) in [6.45, 7) is 5.38. The summed E-state index contributed by atoms with van der Waals surface area (Å²) in [6.07, 6.45) is 3.34. The molecule has 26 heavy (non-hydrogen) atoms. The Labute approximate surface area is 156 Å². The van der Waals surface area contributed by atoms with Crippen LogP contribution in [0.15, 0.2) is 60.7 Å². The van der Waals surface area contributed by atoms with Gasteiger partial charge in [0.1, 0.15) is 0 Å². The van der Waals surface area contributed by atoms with E-state index in [1.807, 2.05) is 0 Å². The molecule has 3 heteroatoms. The van der Waals surface area contributed by atoms with E-state index in [1.54, 1.807) is 0 Å². The van der Waals surface area contributed by atoms with E-state index in [9.17, 15) is 0 Å². The number of aromatic nitrogens is 2. The molecular formula is C23H27N3. The number of piperidine rings is 1. The van der Waals surface area contributed by atoms with Crippen molar-refractivity contribution in [1.82, 2.24) is 15.1 Å². The SMILES string of the molecule is CCn1nc(Cc2ccc(-c3ccccc3)cc2)cc1C1CCNCC1. The van der Waals surface area contributed by atoms with E-state index >= 15 is 0 Å². The standard InChI is InChI=1S/C23H27N3/c1-2-26-23(21-12-14-24-15-13-21)17-22(25-26)16-18-8-10-20(11-9-18)19-6-4-3-5-7-19/h3-11,17,21,24H,2,12-16H2,1H3. The number of aryl methyl sites for hydroxylation is 1. The van der Waals surface area contributed by atoms with Gasteiger partial charge in [0.15, 0.2) is 0 Å². The van der Waals surface area contributed by atoms with Crippen molar-refractivity contribution in [3.05, 3.63) is 77.6 Å². The fourth-order valence-electron chi connectivity index (χ4n) is 3.93. The lowest BCUT2D eigenvalue weighted by molar-refractivity contribution is 0.432. The first-order valence-electron chi connectivity index (χ1n) is 9.75. The summed E-state index contributed by atoms with van der Waals surface area (Å²) < 4.78 is 2.21. The van der Waals surface area contributed by atoms with Crippen molar-refractivity contribution in [2.24, 2.45) is 0 Å². The van der Waals surface area contributed by atoms with Gasteiger partial charge in [0.2, 0.25) is 0 Å². The zero-order valence-corrected chi connectivity index (χ0v) is 15.5. The van der Waals surface area contributed by atoms with Crippen molar-refractivity contribution in [1.29, 1.82) is 0 Å². The minimum Gasteiger partial charge on any atom is -0.317 e. The highest BCUT2D eigenvalue weighted by atomic mass is 15.3. The summed E-state index contributed by atoms with van der Waals surface area (Å²) in [5.74, 6) is 0.651. The van der Waals surface area contributed by atoms with Crippen molar-refractivity contribution in [2.45, 2.75) is 38.6 Å². The first-order chi connectivity index (χ1) is 12.8. The number of nitrogens with one attached hydrogen (secondary N) is 1. The fourth-order valence-corrected chi connectivity index (χ4v) is 3.93. The van der Waals surface area contributed by atoms with Crippen LogP contribution in [-0.2, 0) is 13.0 Å². The lowest BCUT2D eigenvalue weighted by Crippen LogP contribution is -2.27. The monoisotopic (exact) mass is 345 g/mol. The quantitative estimate of drug-likeness (QED) is 0.731. The van der Waals surface area contributed by atoms with E-state index in [1.165, 1.54) is 40.9 Å². The van der Waals surface area contributed by atoms with Crippen LogP contribution in [0, 0.1) is 0 Å². The van der Waals surface area contributed by atoms with Gasteiger partial charge in [-0.3, -0.25) is 4.68 Å². The maximum Gasteiger partial charge on any atom is 0.0671 e. The second-order valence-corrected chi connectivity index (χ2v) is 7.14. The lowest BCUT2D eigenvalue weighted by atomic mass is 9.94. The smallest absolute Gasteiger partial charge is 0.0671 e. The Morgan fingerprint density at radius 3 is 2.35 bits per heavy atom. The number of nitrogens with zero attached hydrogens (tertiary/aromatic N) is 2. The second kappa shape index (κ2) is 7.88. The third-order valence-electron chi connectivity index (χ3n) is 5.36. The van der Waals surface area contributed by atoms with E-state index < -0.39 is 0 Å². The Morgan fingerprint density at radius 2 is 1.65 bits per heavy atom. The minimum atomic E-state index is 0.651. The predicted molar refractivity (Wildman–Crippen MR) is 107 cm³/mol. The van der Waals surface area contributed by atoms with Crippen molar-refractivity contribution < 1.29 is 0 Å². The molecule has 0 amide bonds. The Hall–Kier alpha value is -2.39. The summed E-state index contributed by atoms with van der Waals surface area (Å²) in [6, 6.07) is 21.8. The average Bonchev–Trinajstić information content (AvgIpc) is 3.13. The highest BCUT2D eigenvalue weighted by molar-refractivity contribution is 5.63. The van der Waals surface area contributed by atoms with E-state index in [2.05, 4.69) is 77.6 Å². The molecule has 4 rings (SSSR count). The molecule has 0 spiro atoms. The van der Waals surface area contributed by atoms with Gasteiger partial charge in [0, 0.05) is 24.6 Å². The molecular weight excluding hydrogens is 318 g/mol. The van der Waals surface area contributed by atoms with Crippen LogP contribution in [0.25, 0.3) is 11.1 Å². The molecule has 3 aromatic rings. The highest BCUT2D eigenvalue weighted by Crippen LogP contribution is 2.27. The Balaban J connectivity index is 1.51. The van der Waals surface area contributed by atoms with Gasteiger partial charge in [0.25, 0.3) is 0 Å². The molecule has 0 bridgehead atoms. The molecule has 1 N–H and O–H groups in total. The fraction of sp³-hybridized carbons (Fsp3) is 0.348. The topological polar surface area (TPSA) is 29.9 Å². The van der Waals surface area contributed by atoms with Gasteiger partial charge >= 0.3 is 0 Å². The molecule has 1 aliphatic heterocycles. The van der Waals surface area contributed by atoms with Crippen molar-refractivity contribution in [3.63, 3.8) is 0 Å². The van der Waals surface area contributed by atoms with E-state index in [-0.39, 0.29) is 0 Å². The van der Waals surface area contributed by atoms with Gasteiger partial charge in [-0.25, -0.2) is 0 Å². The minimum absolute atomic E-state index is 0.651. The van der Waals surface area contributed by atoms with Crippen LogP contribution in [0.5, 0.6) is 0 Å². The van der Waals surface area contributed by atoms with Crippen LogP contribution >= 0.6 is 0 Å². The van der Waals surface area contributed by atoms with Gasteiger partial charge in [-0.05, 0) is 55.6 Å². The Morgan fingerprint density at radius 1 is 0.962 bits per heavy atom. The van der Waals surface area contributed by atoms with E-state index in [0.717, 1.165) is 26.1 Å². The lowest BCUT2D eigenvalue weighted by Gasteiger charge is -2.23. The maximum absolute atomic E-state index is 4.88. The van der Waals surface area contributed by atoms with Crippen LogP contribution in [0.4, 0.5) is 0 Å². The summed E-state index contributed by atoms with van der Waals surface area (Å²) in [4.78, 5) is 0. The van der Waals surface area contributed by atoms with Gasteiger partial charge in [-0.15, -0.1) is 0 Å². The van der Waals surface area contributed by atoms with Crippen LogP contribution in [0.1, 0.15) is 42.6 Å². The van der Waals surface area contributed by atoms with Crippen LogP contribution in [0.3, 0.4) is 0 Å². The van der Waals surface area contributed by atoms with Gasteiger partial charge in [-0.1, -0.05) is 54.6 Å². The second-order valence-electron chi connectivity index (χ2n) is 7.14. The molecule has 1 fully saturated rings. The van der Waals surface area contributed by atoms with E-state index in [4.69, 9.17) is 5.10 Å². The van der Waals surface area contributed by atoms with Gasteiger partial charge in [0.05, 0.1) is 5.69 Å². The molecule has 1 saturated heterocycles. The first-order valence-corrected chi connectivity index (χ1v) is 9.75. The number of hydrogen-bond acceptors (Lipinski definition) is 2. The number of hydrogen-bond donors (Lipinski definition) is 1. The third-order valence-corrected chi connectivity index (χ3v) is 5.36. The largest absolute Gasteiger partial charge is 0.317 e. The Kier molecular flexibility index (Phi) is 5.16. The maximum atomic E-state index is 4.88. The molecule has 0 radical (unpaired) electrons. The Bertz CT molecular complexity index is 828. The molecule has 2 aromatic carbocycles. The molecule has 0 unspecified atom stereocenters. The number of rotatable bonds is 5. The molecule has 2 heterocycles. The van der Waals surface area contributed by atoms with Gasteiger partial charge in [-0.2, -0.15) is 5.10 Å². The molecule has 1 aromatic heterocycles. The zero-order chi connectivity index (χ0) is 17.8. The summed E-state index contributed by atoms with van der Waals surface area (Å²) in [5, 5.41) is 8.33. The van der Waals surface area contributed by atoms with E-state index in [0.29, 0.717) is 5.92 Å². The number of benzene rings is 2. The first kappa shape index (κ1) is 17.0. The molecule has 134 valence electrons. The van der Waals surface area contributed by atoms with Crippen LogP contribution in [-0.4, -0.2) is 22.9 Å². The molecule has 0 saturated carbocycles.